The van der Waals surface area contributed by atoms with E-state index in [4.69, 9.17) is 0 Å². The minimum Gasteiger partial charge on any atom is -0.345 e. The zero-order valence-electron chi connectivity index (χ0n) is 18.8. The van der Waals surface area contributed by atoms with Crippen LogP contribution in [0, 0.1) is 35.0 Å². The molecular weight excluding hydrogens is 426 g/mol. The maximum atomic E-state index is 13.4. The van der Waals surface area contributed by atoms with Crippen molar-refractivity contribution < 1.29 is 28.8 Å². The SMILES string of the molecule is CC(=O)C1CC2(NC(=O)c3ccccc3)[C@@H]3C(=O)N(C)C(=O)[C@@H]3C1(C)[C@@H]1C(=O)N(C)C(=O)[C@@H]12. The Balaban J connectivity index is 1.77. The third kappa shape index (κ3) is 2.37. The van der Waals surface area contributed by atoms with Crippen LogP contribution in [0.2, 0.25) is 0 Å². The second-order valence-corrected chi connectivity index (χ2v) is 9.98. The number of rotatable bonds is 3. The monoisotopic (exact) mass is 451 g/mol. The topological polar surface area (TPSA) is 121 Å². The van der Waals surface area contributed by atoms with E-state index in [1.165, 1.54) is 21.0 Å². The van der Waals surface area contributed by atoms with Crippen molar-refractivity contribution in [3.8, 4) is 0 Å². The van der Waals surface area contributed by atoms with E-state index in [0.717, 1.165) is 9.80 Å². The highest BCUT2D eigenvalue weighted by Crippen LogP contribution is 2.70. The number of carbonyl (C=O) groups is 6. The van der Waals surface area contributed by atoms with Crippen molar-refractivity contribution in [2.24, 2.45) is 35.0 Å². The van der Waals surface area contributed by atoms with E-state index in [9.17, 15) is 28.8 Å². The van der Waals surface area contributed by atoms with Gasteiger partial charge in [0.1, 0.15) is 5.78 Å². The van der Waals surface area contributed by atoms with Crippen LogP contribution in [0.5, 0.6) is 0 Å². The summed E-state index contributed by atoms with van der Waals surface area (Å²) in [4.78, 5) is 81.7. The Bertz CT molecular complexity index is 1100. The van der Waals surface area contributed by atoms with Crippen LogP contribution in [0.25, 0.3) is 0 Å². The van der Waals surface area contributed by atoms with Gasteiger partial charge in [-0.3, -0.25) is 38.6 Å². The second kappa shape index (κ2) is 6.59. The minimum absolute atomic E-state index is 0.0134. The molecule has 0 radical (unpaired) electrons. The van der Waals surface area contributed by atoms with Crippen molar-refractivity contribution in [2.75, 3.05) is 14.1 Å². The normalized spacial score (nSPS) is 39.1. The lowest BCUT2D eigenvalue weighted by Gasteiger charge is -2.64. The molecule has 5 fully saturated rings. The summed E-state index contributed by atoms with van der Waals surface area (Å²) in [6.07, 6.45) is 0.0134. The van der Waals surface area contributed by atoms with Gasteiger partial charge in [0.2, 0.25) is 23.6 Å². The molecule has 2 aliphatic heterocycles. The van der Waals surface area contributed by atoms with Gasteiger partial charge in [-0.15, -0.1) is 0 Å². The smallest absolute Gasteiger partial charge is 0.251 e. The molecule has 9 nitrogen and oxygen atoms in total. The first-order valence-corrected chi connectivity index (χ1v) is 11.0. The Kier molecular flexibility index (Phi) is 4.29. The number of likely N-dealkylation sites (tertiary alicyclic amines) is 2. The van der Waals surface area contributed by atoms with Crippen LogP contribution in [0.15, 0.2) is 30.3 Å². The van der Waals surface area contributed by atoms with E-state index in [1.807, 2.05) is 0 Å². The summed E-state index contributed by atoms with van der Waals surface area (Å²) in [5.41, 5.74) is -2.44. The van der Waals surface area contributed by atoms with E-state index in [1.54, 1.807) is 37.3 Å². The van der Waals surface area contributed by atoms with Crippen LogP contribution >= 0.6 is 0 Å². The Hall–Kier alpha value is -3.36. The van der Waals surface area contributed by atoms with Crippen molar-refractivity contribution in [3.05, 3.63) is 35.9 Å². The molecule has 2 bridgehead atoms. The van der Waals surface area contributed by atoms with Gasteiger partial charge in [0.15, 0.2) is 0 Å². The fourth-order valence-electron chi connectivity index (χ4n) is 7.20. The number of Topliss-reactive ketones (excluding diaryl/α,β-unsaturated/α-hetero) is 1. The Morgan fingerprint density at radius 1 is 0.848 bits per heavy atom. The molecule has 9 heteroatoms. The third-order valence-electron chi connectivity index (χ3n) is 8.67. The molecule has 1 aromatic rings. The lowest BCUT2D eigenvalue weighted by molar-refractivity contribution is -0.189. The van der Waals surface area contributed by atoms with Gasteiger partial charge in [-0.25, -0.2) is 0 Å². The molecule has 3 aliphatic carbocycles. The quantitative estimate of drug-likeness (QED) is 0.658. The summed E-state index contributed by atoms with van der Waals surface area (Å²) in [5.74, 6) is -7.54. The van der Waals surface area contributed by atoms with Crippen molar-refractivity contribution in [1.29, 1.82) is 0 Å². The molecule has 33 heavy (non-hydrogen) atoms. The van der Waals surface area contributed by atoms with Crippen LogP contribution in [-0.2, 0) is 24.0 Å². The number of hydrogen-bond acceptors (Lipinski definition) is 6. The Labute approximate surface area is 190 Å². The number of fused-ring (bicyclic) bond motifs is 1. The molecule has 3 unspecified atom stereocenters. The lowest BCUT2D eigenvalue weighted by atomic mass is 9.37. The van der Waals surface area contributed by atoms with E-state index in [0.29, 0.717) is 5.56 Å². The van der Waals surface area contributed by atoms with Crippen LogP contribution < -0.4 is 5.32 Å². The summed E-state index contributed by atoms with van der Waals surface area (Å²) in [6, 6.07) is 8.32. The summed E-state index contributed by atoms with van der Waals surface area (Å²) in [5, 5.41) is 2.93. The largest absolute Gasteiger partial charge is 0.345 e. The number of imide groups is 2. The van der Waals surface area contributed by atoms with E-state index < -0.39 is 70.1 Å². The minimum atomic E-state index is -1.54. The molecule has 0 aromatic heterocycles. The van der Waals surface area contributed by atoms with Gasteiger partial charge in [0.05, 0.1) is 29.2 Å². The fraction of sp³-hybridized carbons (Fsp3) is 0.500. The zero-order chi connectivity index (χ0) is 24.0. The predicted octanol–water partition coefficient (Wildman–Crippen LogP) is 0.246. The average Bonchev–Trinajstić information content (AvgIpc) is 3.17. The summed E-state index contributed by atoms with van der Waals surface area (Å²) in [7, 11) is 2.74. The van der Waals surface area contributed by atoms with Gasteiger partial charge in [-0.1, -0.05) is 25.1 Å². The summed E-state index contributed by atoms with van der Waals surface area (Å²) >= 11 is 0. The van der Waals surface area contributed by atoms with E-state index in [-0.39, 0.29) is 12.2 Å². The van der Waals surface area contributed by atoms with Crippen molar-refractivity contribution in [3.63, 3.8) is 0 Å². The molecule has 6 rings (SSSR count). The molecule has 5 aliphatic rings. The van der Waals surface area contributed by atoms with Gasteiger partial charge < -0.3 is 5.32 Å². The van der Waals surface area contributed by atoms with Crippen molar-refractivity contribution in [1.82, 2.24) is 15.1 Å². The van der Waals surface area contributed by atoms with Gasteiger partial charge in [0.25, 0.3) is 5.91 Å². The predicted molar refractivity (Wildman–Crippen MR) is 113 cm³/mol. The van der Waals surface area contributed by atoms with E-state index >= 15 is 0 Å². The first kappa shape index (κ1) is 21.5. The number of ketones is 1. The second-order valence-electron chi connectivity index (χ2n) is 9.98. The number of amides is 5. The number of carbonyl (C=O) groups excluding carboxylic acids is 6. The van der Waals surface area contributed by atoms with Crippen LogP contribution in [0.4, 0.5) is 0 Å². The first-order valence-electron chi connectivity index (χ1n) is 11.0. The van der Waals surface area contributed by atoms with Gasteiger partial charge in [-0.2, -0.15) is 0 Å². The molecule has 1 N–H and O–H groups in total. The maximum Gasteiger partial charge on any atom is 0.251 e. The van der Waals surface area contributed by atoms with Crippen LogP contribution in [-0.4, -0.2) is 64.8 Å². The van der Waals surface area contributed by atoms with Crippen molar-refractivity contribution >= 4 is 35.3 Å². The highest BCUT2D eigenvalue weighted by Gasteiger charge is 2.82. The molecule has 172 valence electrons. The lowest BCUT2D eigenvalue weighted by Crippen LogP contribution is -2.77. The number of benzene rings is 1. The number of nitrogens with zero attached hydrogens (tertiary/aromatic N) is 2. The standard InChI is InChI=1S/C24H25N3O6/c1-11(28)13-10-24(25-18(29)12-8-6-5-7-9-12)16-14(19(30)26(3)21(16)32)23(13,2)15-17(24)22(33)27(4)20(15)31/h5-9,13-17H,10H2,1-4H3,(H,25,29)/t13?,14-,15+,16+,17-,23?,24?. The summed E-state index contributed by atoms with van der Waals surface area (Å²) < 4.78 is 0. The van der Waals surface area contributed by atoms with E-state index in [2.05, 4.69) is 5.32 Å². The molecular formula is C24H25N3O6. The number of nitrogens with one attached hydrogen (secondary N) is 1. The van der Waals surface area contributed by atoms with Gasteiger partial charge in [-0.05, 0) is 25.5 Å². The zero-order valence-corrected chi connectivity index (χ0v) is 18.8. The van der Waals surface area contributed by atoms with Crippen molar-refractivity contribution in [2.45, 2.75) is 25.8 Å². The first-order chi connectivity index (χ1) is 15.5. The molecule has 5 amide bonds. The fourth-order valence-corrected chi connectivity index (χ4v) is 7.20. The summed E-state index contributed by atoms with van der Waals surface area (Å²) in [6.45, 7) is 3.08. The Morgan fingerprint density at radius 2 is 1.30 bits per heavy atom. The molecule has 7 atom stereocenters. The molecule has 3 saturated carbocycles. The Morgan fingerprint density at radius 3 is 1.76 bits per heavy atom. The number of hydrogen-bond donors (Lipinski definition) is 1. The molecule has 0 spiro atoms. The third-order valence-corrected chi connectivity index (χ3v) is 8.67. The average molecular weight is 451 g/mol. The van der Waals surface area contributed by atoms with Gasteiger partial charge in [0, 0.05) is 31.0 Å². The maximum absolute atomic E-state index is 13.4. The van der Waals surface area contributed by atoms with Crippen LogP contribution in [0.3, 0.4) is 0 Å². The van der Waals surface area contributed by atoms with Crippen LogP contribution in [0.1, 0.15) is 30.6 Å². The highest BCUT2D eigenvalue weighted by atomic mass is 16.2. The molecule has 2 saturated heterocycles. The highest BCUT2D eigenvalue weighted by molar-refractivity contribution is 6.13. The van der Waals surface area contributed by atoms with Gasteiger partial charge >= 0.3 is 0 Å². The molecule has 2 heterocycles. The molecule has 1 aromatic carbocycles.